The van der Waals surface area contributed by atoms with Crippen LogP contribution >= 0.6 is 0 Å². The molecular weight excluding hydrogens is 248 g/mol. The molecule has 0 fully saturated rings. The van der Waals surface area contributed by atoms with E-state index in [-0.39, 0.29) is 11.6 Å². The summed E-state index contributed by atoms with van der Waals surface area (Å²) in [6.45, 7) is 11.1. The summed E-state index contributed by atoms with van der Waals surface area (Å²) in [5.41, 5.74) is 8.02. The normalized spacial score (nSPS) is 13.9. The Morgan fingerprint density at radius 2 is 1.85 bits per heavy atom. The van der Waals surface area contributed by atoms with Crippen molar-refractivity contribution in [3.63, 3.8) is 0 Å². The molecule has 1 unspecified atom stereocenters. The van der Waals surface area contributed by atoms with Crippen LogP contribution in [0.3, 0.4) is 0 Å². The Morgan fingerprint density at radius 1 is 1.25 bits per heavy atom. The van der Waals surface area contributed by atoms with Crippen LogP contribution in [-0.4, -0.2) is 39.4 Å². The third-order valence-corrected chi connectivity index (χ3v) is 4.81. The molecule has 1 atom stereocenters. The van der Waals surface area contributed by atoms with Gasteiger partial charge in [0.1, 0.15) is 0 Å². The molecule has 0 aromatic carbocycles. The van der Waals surface area contributed by atoms with Gasteiger partial charge in [-0.3, -0.25) is 9.58 Å². The molecule has 0 amide bonds. The second-order valence-electron chi connectivity index (χ2n) is 5.65. The molecule has 0 radical (unpaired) electrons. The van der Waals surface area contributed by atoms with E-state index in [9.17, 15) is 0 Å². The van der Waals surface area contributed by atoms with Crippen molar-refractivity contribution in [1.82, 2.24) is 14.7 Å². The van der Waals surface area contributed by atoms with Crippen LogP contribution in [0.1, 0.15) is 52.5 Å². The Kier molecular flexibility index (Phi) is 6.69. The third-order valence-electron chi connectivity index (χ3n) is 4.81. The van der Waals surface area contributed by atoms with E-state index in [0.717, 1.165) is 38.8 Å². The molecule has 0 spiro atoms. The molecule has 0 saturated carbocycles. The molecule has 1 aromatic rings. The molecule has 1 aromatic heterocycles. The maximum absolute atomic E-state index is 6.61. The van der Waals surface area contributed by atoms with Crippen LogP contribution in [0.4, 0.5) is 0 Å². The number of hydrogen-bond donors (Lipinski definition) is 1. The number of hydrogen-bond acceptors (Lipinski definition) is 3. The van der Waals surface area contributed by atoms with Gasteiger partial charge in [-0.2, -0.15) is 5.10 Å². The van der Waals surface area contributed by atoms with Gasteiger partial charge in [-0.1, -0.05) is 27.7 Å². The summed E-state index contributed by atoms with van der Waals surface area (Å²) >= 11 is 0. The molecule has 116 valence electrons. The van der Waals surface area contributed by atoms with Crippen LogP contribution in [0.5, 0.6) is 0 Å². The van der Waals surface area contributed by atoms with Gasteiger partial charge in [-0.15, -0.1) is 0 Å². The van der Waals surface area contributed by atoms with Crippen LogP contribution in [0.2, 0.25) is 0 Å². The van der Waals surface area contributed by atoms with E-state index in [1.54, 1.807) is 0 Å². The Balaban J connectivity index is 2.75. The topological polar surface area (TPSA) is 47.1 Å². The molecular formula is C16H32N4. The highest BCUT2D eigenvalue weighted by molar-refractivity contribution is 5.06. The van der Waals surface area contributed by atoms with Gasteiger partial charge < -0.3 is 5.73 Å². The fraction of sp³-hybridized carbons (Fsp3) is 0.812. The van der Waals surface area contributed by atoms with Crippen molar-refractivity contribution in [2.24, 2.45) is 12.8 Å². The highest BCUT2D eigenvalue weighted by Crippen LogP contribution is 2.29. The highest BCUT2D eigenvalue weighted by atomic mass is 15.2. The molecule has 1 heterocycles. The van der Waals surface area contributed by atoms with E-state index < -0.39 is 0 Å². The van der Waals surface area contributed by atoms with Crippen molar-refractivity contribution in [2.75, 3.05) is 13.1 Å². The summed E-state index contributed by atoms with van der Waals surface area (Å²) in [4.78, 5) is 2.54. The van der Waals surface area contributed by atoms with Crippen molar-refractivity contribution in [1.29, 1.82) is 0 Å². The number of likely N-dealkylation sites (N-methyl/N-ethyl adjacent to an activating group) is 1. The third kappa shape index (κ3) is 3.61. The Morgan fingerprint density at radius 3 is 2.25 bits per heavy atom. The molecule has 0 aliphatic rings. The Hall–Kier alpha value is -0.870. The zero-order chi connectivity index (χ0) is 15.2. The van der Waals surface area contributed by atoms with E-state index >= 15 is 0 Å². The van der Waals surface area contributed by atoms with Crippen molar-refractivity contribution in [3.8, 4) is 0 Å². The lowest BCUT2D eigenvalue weighted by atomic mass is 9.80. The molecule has 2 N–H and O–H groups in total. The molecule has 1 rings (SSSR count). The van der Waals surface area contributed by atoms with Gasteiger partial charge in [0.25, 0.3) is 0 Å². The molecule has 20 heavy (non-hydrogen) atoms. The number of aromatic nitrogens is 2. The summed E-state index contributed by atoms with van der Waals surface area (Å²) < 4.78 is 1.86. The molecule has 0 aliphatic carbocycles. The van der Waals surface area contributed by atoms with E-state index in [2.05, 4.69) is 43.9 Å². The summed E-state index contributed by atoms with van der Waals surface area (Å²) in [5, 5.41) is 4.23. The maximum Gasteiger partial charge on any atom is 0.0521 e. The van der Waals surface area contributed by atoms with Crippen LogP contribution in [-0.2, 0) is 13.5 Å². The summed E-state index contributed by atoms with van der Waals surface area (Å²) in [5.74, 6) is 0. The fourth-order valence-corrected chi connectivity index (χ4v) is 3.50. The minimum atomic E-state index is 0.131. The zero-order valence-electron chi connectivity index (χ0n) is 13.9. The standard InChI is InChI=1S/C16H32N4/c1-6-16(7-2,20(8-3)9-4)15(17)11-10-14-12-18-19(5)13-14/h12-13,15H,6-11,17H2,1-5H3. The predicted molar refractivity (Wildman–Crippen MR) is 85.7 cm³/mol. The van der Waals surface area contributed by atoms with Gasteiger partial charge in [-0.05, 0) is 44.3 Å². The van der Waals surface area contributed by atoms with Crippen LogP contribution in [0, 0.1) is 0 Å². The number of nitrogens with two attached hydrogens (primary N) is 1. The second-order valence-corrected chi connectivity index (χ2v) is 5.65. The average molecular weight is 280 g/mol. The van der Waals surface area contributed by atoms with Crippen molar-refractivity contribution in [3.05, 3.63) is 18.0 Å². The summed E-state index contributed by atoms with van der Waals surface area (Å²) in [6.07, 6.45) is 8.29. The van der Waals surface area contributed by atoms with E-state index in [4.69, 9.17) is 5.73 Å². The Labute approximate surface area is 124 Å². The lowest BCUT2D eigenvalue weighted by Crippen LogP contribution is -2.59. The van der Waals surface area contributed by atoms with E-state index in [1.807, 2.05) is 17.9 Å². The zero-order valence-corrected chi connectivity index (χ0v) is 13.9. The van der Waals surface area contributed by atoms with Gasteiger partial charge in [0.2, 0.25) is 0 Å². The van der Waals surface area contributed by atoms with Crippen LogP contribution in [0.25, 0.3) is 0 Å². The summed E-state index contributed by atoms with van der Waals surface area (Å²) in [7, 11) is 1.96. The first-order chi connectivity index (χ1) is 9.53. The Bertz CT molecular complexity index is 378. The van der Waals surface area contributed by atoms with Gasteiger partial charge >= 0.3 is 0 Å². The van der Waals surface area contributed by atoms with Crippen LogP contribution < -0.4 is 5.73 Å². The van der Waals surface area contributed by atoms with Gasteiger partial charge in [0.15, 0.2) is 0 Å². The van der Waals surface area contributed by atoms with Crippen molar-refractivity contribution in [2.45, 2.75) is 65.0 Å². The molecule has 0 bridgehead atoms. The van der Waals surface area contributed by atoms with Gasteiger partial charge in [0, 0.05) is 24.8 Å². The molecule has 0 aliphatic heterocycles. The molecule has 4 nitrogen and oxygen atoms in total. The first-order valence-corrected chi connectivity index (χ1v) is 8.02. The number of nitrogens with zero attached hydrogens (tertiary/aromatic N) is 3. The molecule has 4 heteroatoms. The first-order valence-electron chi connectivity index (χ1n) is 8.02. The monoisotopic (exact) mass is 280 g/mol. The first kappa shape index (κ1) is 17.2. The minimum absolute atomic E-state index is 0.131. The summed E-state index contributed by atoms with van der Waals surface area (Å²) in [6, 6.07) is 0.206. The average Bonchev–Trinajstić information content (AvgIpc) is 2.88. The lowest BCUT2D eigenvalue weighted by Gasteiger charge is -2.46. The lowest BCUT2D eigenvalue weighted by molar-refractivity contribution is 0.0601. The highest BCUT2D eigenvalue weighted by Gasteiger charge is 2.37. The molecule has 0 saturated heterocycles. The number of aryl methyl sites for hydroxylation is 2. The second kappa shape index (κ2) is 7.79. The van der Waals surface area contributed by atoms with E-state index in [1.165, 1.54) is 5.56 Å². The van der Waals surface area contributed by atoms with E-state index in [0.29, 0.717) is 0 Å². The predicted octanol–water partition coefficient (Wildman–Crippen LogP) is 2.58. The SMILES string of the molecule is CCN(CC)C(CC)(CC)C(N)CCc1cnn(C)c1. The fourth-order valence-electron chi connectivity index (χ4n) is 3.50. The van der Waals surface area contributed by atoms with Gasteiger partial charge in [-0.25, -0.2) is 0 Å². The van der Waals surface area contributed by atoms with Crippen molar-refractivity contribution >= 4 is 0 Å². The van der Waals surface area contributed by atoms with Crippen LogP contribution in [0.15, 0.2) is 12.4 Å². The maximum atomic E-state index is 6.61. The smallest absolute Gasteiger partial charge is 0.0521 e. The van der Waals surface area contributed by atoms with Crippen molar-refractivity contribution < 1.29 is 0 Å². The quantitative estimate of drug-likeness (QED) is 0.756. The minimum Gasteiger partial charge on any atom is -0.326 e. The van der Waals surface area contributed by atoms with Gasteiger partial charge in [0.05, 0.1) is 6.20 Å². The number of rotatable bonds is 9. The largest absolute Gasteiger partial charge is 0.326 e.